The average Bonchev–Trinajstić information content (AvgIpc) is 2.34. The molecule has 0 N–H and O–H groups in total. The zero-order chi connectivity index (χ0) is 13.9. The number of halogens is 4. The molecular formula is C13H10BF4S-. The maximum Gasteiger partial charge on any atom is 0.673 e. The first-order valence-electron chi connectivity index (χ1n) is 5.64. The summed E-state index contributed by atoms with van der Waals surface area (Å²) in [5.41, 5.74) is 2.91. The van der Waals surface area contributed by atoms with Gasteiger partial charge in [-0.05, 0) is 29.7 Å². The fourth-order valence-electron chi connectivity index (χ4n) is 1.82. The Hall–Kier alpha value is -1.43. The van der Waals surface area contributed by atoms with Crippen LogP contribution < -0.4 is 0 Å². The van der Waals surface area contributed by atoms with Crippen LogP contribution in [0.2, 0.25) is 0 Å². The minimum Gasteiger partial charge on any atom is -0.418 e. The predicted molar refractivity (Wildman–Crippen MR) is 70.0 cm³/mol. The molecule has 0 atom stereocenters. The summed E-state index contributed by atoms with van der Waals surface area (Å²) in [6.07, 6.45) is 1.08. The van der Waals surface area contributed by atoms with E-state index in [9.17, 15) is 17.3 Å². The maximum absolute atomic E-state index is 9.75. The predicted octanol–water partition coefficient (Wildman–Crippen LogP) is 5.04. The van der Waals surface area contributed by atoms with E-state index in [0.29, 0.717) is 0 Å². The number of hydrogen-bond donors (Lipinski definition) is 0. The van der Waals surface area contributed by atoms with E-state index in [0.717, 1.165) is 6.42 Å². The fraction of sp³-hybridized carbons (Fsp3) is 0.0769. The first-order chi connectivity index (χ1) is 8.93. The molecule has 0 spiro atoms. The van der Waals surface area contributed by atoms with Gasteiger partial charge in [0.25, 0.3) is 0 Å². The molecule has 2 aromatic rings. The van der Waals surface area contributed by atoms with Crippen LogP contribution in [-0.2, 0) is 6.42 Å². The van der Waals surface area contributed by atoms with E-state index in [1.807, 2.05) is 11.8 Å². The quantitative estimate of drug-likeness (QED) is 0.412. The Kier molecular flexibility index (Phi) is 4.19. The van der Waals surface area contributed by atoms with Gasteiger partial charge in [-0.25, -0.2) is 0 Å². The lowest BCUT2D eigenvalue weighted by molar-refractivity contribution is 0.368. The Morgan fingerprint density at radius 3 is 1.53 bits per heavy atom. The third kappa shape index (κ3) is 4.31. The van der Waals surface area contributed by atoms with E-state index in [4.69, 9.17) is 0 Å². The van der Waals surface area contributed by atoms with Gasteiger partial charge in [0.2, 0.25) is 0 Å². The van der Waals surface area contributed by atoms with E-state index in [-0.39, 0.29) is 0 Å². The molecule has 100 valence electrons. The second-order valence-corrected chi connectivity index (χ2v) is 5.07. The molecule has 2 aromatic carbocycles. The van der Waals surface area contributed by atoms with Gasteiger partial charge in [-0.3, -0.25) is 0 Å². The highest BCUT2D eigenvalue weighted by Gasteiger charge is 2.20. The van der Waals surface area contributed by atoms with E-state index in [2.05, 4.69) is 48.5 Å². The van der Waals surface area contributed by atoms with Crippen molar-refractivity contribution in [1.29, 1.82) is 0 Å². The zero-order valence-electron chi connectivity index (χ0n) is 9.82. The summed E-state index contributed by atoms with van der Waals surface area (Å²) in [4.78, 5) is 2.82. The van der Waals surface area contributed by atoms with Gasteiger partial charge < -0.3 is 17.3 Å². The van der Waals surface area contributed by atoms with Crippen LogP contribution >= 0.6 is 11.8 Å². The van der Waals surface area contributed by atoms with Crippen LogP contribution in [0.15, 0.2) is 58.3 Å². The summed E-state index contributed by atoms with van der Waals surface area (Å²) in [5, 5.41) is 0. The van der Waals surface area contributed by atoms with Crippen LogP contribution in [-0.4, -0.2) is 7.25 Å². The van der Waals surface area contributed by atoms with Crippen LogP contribution in [0.3, 0.4) is 0 Å². The van der Waals surface area contributed by atoms with Crippen LogP contribution in [0.5, 0.6) is 0 Å². The average molecular weight is 285 g/mol. The van der Waals surface area contributed by atoms with E-state index in [1.54, 1.807) is 0 Å². The molecule has 0 aromatic heterocycles. The van der Waals surface area contributed by atoms with Crippen molar-refractivity contribution >= 4 is 19.0 Å². The fourth-order valence-corrected chi connectivity index (χ4v) is 2.90. The molecule has 1 aliphatic rings. The highest BCUT2D eigenvalue weighted by atomic mass is 32.2. The first-order valence-corrected chi connectivity index (χ1v) is 6.46. The Bertz CT molecular complexity index is 475. The Balaban J connectivity index is 0.000000232. The van der Waals surface area contributed by atoms with Crippen LogP contribution in [0.4, 0.5) is 17.3 Å². The molecule has 1 aliphatic heterocycles. The second-order valence-electron chi connectivity index (χ2n) is 3.99. The van der Waals surface area contributed by atoms with Crippen molar-refractivity contribution in [2.45, 2.75) is 16.2 Å². The molecule has 0 bridgehead atoms. The van der Waals surface area contributed by atoms with Crippen LogP contribution in [0, 0.1) is 0 Å². The maximum atomic E-state index is 9.75. The highest BCUT2D eigenvalue weighted by molar-refractivity contribution is 7.99. The van der Waals surface area contributed by atoms with Crippen molar-refractivity contribution in [1.82, 2.24) is 0 Å². The molecule has 0 saturated heterocycles. The molecule has 0 amide bonds. The van der Waals surface area contributed by atoms with Crippen LogP contribution in [0.25, 0.3) is 0 Å². The topological polar surface area (TPSA) is 0 Å². The molecule has 1 heterocycles. The Morgan fingerprint density at radius 1 is 0.737 bits per heavy atom. The van der Waals surface area contributed by atoms with Crippen molar-refractivity contribution in [3.63, 3.8) is 0 Å². The van der Waals surface area contributed by atoms with E-state index >= 15 is 0 Å². The Morgan fingerprint density at radius 2 is 1.11 bits per heavy atom. The summed E-state index contributed by atoms with van der Waals surface area (Å²) < 4.78 is 39.0. The molecule has 19 heavy (non-hydrogen) atoms. The third-order valence-electron chi connectivity index (χ3n) is 2.55. The lowest BCUT2D eigenvalue weighted by Crippen LogP contribution is -2.02. The van der Waals surface area contributed by atoms with Gasteiger partial charge >= 0.3 is 7.25 Å². The van der Waals surface area contributed by atoms with Crippen molar-refractivity contribution < 1.29 is 17.3 Å². The SMILES string of the molecule is F[B-](F)(F)F.c1ccc2c(c1)Cc1ccccc1S2. The summed E-state index contributed by atoms with van der Waals surface area (Å²) in [6, 6.07) is 17.3. The summed E-state index contributed by atoms with van der Waals surface area (Å²) in [5.74, 6) is 0. The molecule has 3 rings (SSSR count). The second kappa shape index (κ2) is 5.69. The van der Waals surface area contributed by atoms with Gasteiger partial charge in [-0.1, -0.05) is 48.2 Å². The summed E-state index contributed by atoms with van der Waals surface area (Å²) in [6.45, 7) is 0. The molecule has 0 aliphatic carbocycles. The molecule has 0 fully saturated rings. The Labute approximate surface area is 112 Å². The molecule has 0 unspecified atom stereocenters. The minimum absolute atomic E-state index is 1.08. The first kappa shape index (κ1) is 14.0. The van der Waals surface area contributed by atoms with Crippen molar-refractivity contribution in [2.24, 2.45) is 0 Å². The number of rotatable bonds is 0. The summed E-state index contributed by atoms with van der Waals surface area (Å²) in [7, 11) is -6.00. The van der Waals surface area contributed by atoms with Gasteiger partial charge in [0.15, 0.2) is 0 Å². The van der Waals surface area contributed by atoms with Crippen molar-refractivity contribution in [3.05, 3.63) is 59.7 Å². The molecular weight excluding hydrogens is 275 g/mol. The lowest BCUT2D eigenvalue weighted by Gasteiger charge is -2.17. The number of benzene rings is 2. The number of fused-ring (bicyclic) bond motifs is 2. The van der Waals surface area contributed by atoms with Gasteiger partial charge in [-0.15, -0.1) is 0 Å². The van der Waals surface area contributed by atoms with Gasteiger partial charge in [0.05, 0.1) is 0 Å². The standard InChI is InChI=1S/C13H10S.BF4/c1-3-7-12-10(5-1)9-11-6-2-4-8-13(11)14-12;2-1(3,4)5/h1-8H,9H2;/q;-1. The van der Waals surface area contributed by atoms with Crippen molar-refractivity contribution in [2.75, 3.05) is 0 Å². The zero-order valence-corrected chi connectivity index (χ0v) is 10.6. The van der Waals surface area contributed by atoms with Gasteiger partial charge in [-0.2, -0.15) is 0 Å². The molecule has 0 saturated carbocycles. The summed E-state index contributed by atoms with van der Waals surface area (Å²) >= 11 is 1.88. The minimum atomic E-state index is -6.00. The third-order valence-corrected chi connectivity index (χ3v) is 3.78. The molecule has 0 radical (unpaired) electrons. The largest absolute Gasteiger partial charge is 0.673 e. The smallest absolute Gasteiger partial charge is 0.418 e. The molecule has 6 heteroatoms. The van der Waals surface area contributed by atoms with E-state index in [1.165, 1.54) is 20.9 Å². The number of hydrogen-bond acceptors (Lipinski definition) is 1. The van der Waals surface area contributed by atoms with Crippen LogP contribution in [0.1, 0.15) is 11.1 Å². The highest BCUT2D eigenvalue weighted by Crippen LogP contribution is 2.38. The van der Waals surface area contributed by atoms with Gasteiger partial charge in [0, 0.05) is 9.79 Å². The monoisotopic (exact) mass is 285 g/mol. The van der Waals surface area contributed by atoms with Crippen molar-refractivity contribution in [3.8, 4) is 0 Å². The normalized spacial score (nSPS) is 12.8. The van der Waals surface area contributed by atoms with E-state index < -0.39 is 7.25 Å². The van der Waals surface area contributed by atoms with Gasteiger partial charge in [0.1, 0.15) is 0 Å². The lowest BCUT2D eigenvalue weighted by atomic mass is 10.0. The molecule has 0 nitrogen and oxygen atoms in total.